The molecule has 1 aromatic heterocycles. The van der Waals surface area contributed by atoms with Crippen LogP contribution in [0.25, 0.3) is 16.6 Å². The fourth-order valence-corrected chi connectivity index (χ4v) is 5.04. The quantitative estimate of drug-likeness (QED) is 0.180. The van der Waals surface area contributed by atoms with Gasteiger partial charge in [-0.1, -0.05) is 52.0 Å². The highest BCUT2D eigenvalue weighted by atomic mass is 19.4. The predicted molar refractivity (Wildman–Crippen MR) is 165 cm³/mol. The Labute approximate surface area is 249 Å². The fourth-order valence-electron chi connectivity index (χ4n) is 5.04. The number of carbonyl (C=O) groups excluding carboxylic acids is 2. The van der Waals surface area contributed by atoms with Crippen LogP contribution in [0.5, 0.6) is 0 Å². The number of halogens is 3. The summed E-state index contributed by atoms with van der Waals surface area (Å²) in [7, 11) is 0. The largest absolute Gasteiger partial charge is 0.461 e. The molecule has 0 aliphatic rings. The number of alkyl halides is 3. The van der Waals surface area contributed by atoms with Crippen molar-refractivity contribution in [1.29, 1.82) is 0 Å². The number of anilines is 3. The predicted octanol–water partition coefficient (Wildman–Crippen LogP) is 8.59. The van der Waals surface area contributed by atoms with E-state index in [1.807, 2.05) is 36.4 Å². The van der Waals surface area contributed by atoms with Crippen molar-refractivity contribution in [2.45, 2.75) is 40.8 Å². The van der Waals surface area contributed by atoms with E-state index in [9.17, 15) is 22.8 Å². The Morgan fingerprint density at radius 3 is 2.23 bits per heavy atom. The van der Waals surface area contributed by atoms with E-state index in [0.29, 0.717) is 42.0 Å². The lowest BCUT2D eigenvalue weighted by molar-refractivity contribution is -0.137. The first kappa shape index (κ1) is 31.5. The number of nitrogens with one attached hydrogen (secondary N) is 2. The third-order valence-corrected chi connectivity index (χ3v) is 6.64. The number of amides is 2. The molecule has 0 spiro atoms. The molecule has 0 unspecified atom stereocenters. The molecule has 0 radical (unpaired) electrons. The van der Waals surface area contributed by atoms with Crippen LogP contribution in [0.4, 0.5) is 35.0 Å². The number of nitrogens with zero attached hydrogens (tertiary/aromatic N) is 2. The van der Waals surface area contributed by atoms with Crippen LogP contribution in [0.1, 0.15) is 50.7 Å². The van der Waals surface area contributed by atoms with Gasteiger partial charge >= 0.3 is 18.2 Å². The summed E-state index contributed by atoms with van der Waals surface area (Å²) in [4.78, 5) is 28.4. The van der Waals surface area contributed by atoms with Crippen molar-refractivity contribution in [1.82, 2.24) is 4.57 Å². The standard InChI is InChI=1S/C33H37F3N4O3/c1-6-43-31(41)30-16-23-10-7-8-13-28(23)40(30)26-14-15-29(39(19-21(2)3)20-22(4)5)27(18-26)38-32(42)37-25-12-9-11-24(17-25)33(34,35)36/h7-18,21-22H,6,19-20H2,1-5H3,(H2,37,38,42). The molecule has 10 heteroatoms. The van der Waals surface area contributed by atoms with Crippen LogP contribution >= 0.6 is 0 Å². The SMILES string of the molecule is CCOC(=O)c1cc2ccccc2n1-c1ccc(N(CC(C)C)CC(C)C)c(NC(=O)Nc2cccc(C(F)(F)F)c2)c1. The van der Waals surface area contributed by atoms with Crippen molar-refractivity contribution >= 4 is 40.0 Å². The van der Waals surface area contributed by atoms with E-state index in [-0.39, 0.29) is 12.3 Å². The first-order valence-electron chi connectivity index (χ1n) is 14.3. The van der Waals surface area contributed by atoms with Gasteiger partial charge < -0.3 is 24.8 Å². The highest BCUT2D eigenvalue weighted by molar-refractivity contribution is 6.03. The Hall–Kier alpha value is -4.47. The van der Waals surface area contributed by atoms with Gasteiger partial charge in [0.05, 0.1) is 29.1 Å². The summed E-state index contributed by atoms with van der Waals surface area (Å²) in [6.07, 6.45) is -4.54. The molecule has 228 valence electrons. The lowest BCUT2D eigenvalue weighted by atomic mass is 10.1. The van der Waals surface area contributed by atoms with E-state index in [4.69, 9.17) is 4.74 Å². The van der Waals surface area contributed by atoms with Gasteiger partial charge in [-0.05, 0) is 67.3 Å². The first-order valence-corrected chi connectivity index (χ1v) is 14.3. The zero-order valence-electron chi connectivity index (χ0n) is 25.0. The number of benzene rings is 3. The Balaban J connectivity index is 1.81. The van der Waals surface area contributed by atoms with Gasteiger partial charge in [0.15, 0.2) is 0 Å². The Bertz CT molecular complexity index is 1580. The minimum Gasteiger partial charge on any atom is -0.461 e. The first-order chi connectivity index (χ1) is 20.4. The molecule has 0 saturated heterocycles. The lowest BCUT2D eigenvalue weighted by Gasteiger charge is -2.31. The van der Waals surface area contributed by atoms with Crippen LogP contribution in [0.2, 0.25) is 0 Å². The molecular weight excluding hydrogens is 557 g/mol. The molecule has 7 nitrogen and oxygen atoms in total. The normalized spacial score (nSPS) is 11.7. The molecule has 43 heavy (non-hydrogen) atoms. The molecule has 3 aromatic carbocycles. The van der Waals surface area contributed by atoms with Crippen molar-refractivity contribution in [3.63, 3.8) is 0 Å². The van der Waals surface area contributed by atoms with Gasteiger partial charge in [0.25, 0.3) is 0 Å². The van der Waals surface area contributed by atoms with E-state index < -0.39 is 23.7 Å². The third kappa shape index (κ3) is 7.68. The molecule has 0 saturated carbocycles. The van der Waals surface area contributed by atoms with Crippen molar-refractivity contribution in [2.24, 2.45) is 11.8 Å². The molecule has 0 aliphatic heterocycles. The minimum atomic E-state index is -4.54. The molecule has 4 rings (SSSR count). The maximum Gasteiger partial charge on any atom is 0.416 e. The molecule has 2 N–H and O–H groups in total. The highest BCUT2D eigenvalue weighted by Gasteiger charge is 2.30. The van der Waals surface area contributed by atoms with Crippen molar-refractivity contribution in [3.8, 4) is 5.69 Å². The zero-order chi connectivity index (χ0) is 31.3. The van der Waals surface area contributed by atoms with E-state index in [2.05, 4.69) is 43.2 Å². The number of carbonyl (C=O) groups is 2. The number of rotatable bonds is 10. The Morgan fingerprint density at radius 1 is 0.884 bits per heavy atom. The topological polar surface area (TPSA) is 75.6 Å². The number of urea groups is 1. The van der Waals surface area contributed by atoms with Crippen LogP contribution in [0.3, 0.4) is 0 Å². The number of ether oxygens (including phenoxy) is 1. The minimum absolute atomic E-state index is 0.00671. The van der Waals surface area contributed by atoms with Crippen LogP contribution in [-0.4, -0.2) is 36.3 Å². The second-order valence-corrected chi connectivity index (χ2v) is 11.2. The van der Waals surface area contributed by atoms with Crippen molar-refractivity contribution in [2.75, 3.05) is 35.2 Å². The second-order valence-electron chi connectivity index (χ2n) is 11.2. The van der Waals surface area contributed by atoms with Crippen molar-refractivity contribution < 1.29 is 27.5 Å². The van der Waals surface area contributed by atoms with Crippen LogP contribution < -0.4 is 15.5 Å². The summed E-state index contributed by atoms with van der Waals surface area (Å²) in [5, 5.41) is 6.24. The molecule has 2 amide bonds. The summed E-state index contributed by atoms with van der Waals surface area (Å²) in [6.45, 7) is 11.8. The van der Waals surface area contributed by atoms with Gasteiger partial charge in [-0.3, -0.25) is 0 Å². The van der Waals surface area contributed by atoms with Gasteiger partial charge in [0, 0.05) is 29.9 Å². The van der Waals surface area contributed by atoms with Gasteiger partial charge in [0.2, 0.25) is 0 Å². The number of hydrogen-bond acceptors (Lipinski definition) is 4. The van der Waals surface area contributed by atoms with Crippen LogP contribution in [0.15, 0.2) is 72.8 Å². The van der Waals surface area contributed by atoms with Crippen molar-refractivity contribution in [3.05, 3.63) is 84.1 Å². The molecular formula is C33H37F3N4O3. The molecule has 0 fully saturated rings. The number of aromatic nitrogens is 1. The molecule has 0 aliphatic carbocycles. The highest BCUT2D eigenvalue weighted by Crippen LogP contribution is 2.34. The fraction of sp³-hybridized carbons (Fsp3) is 0.333. The maximum atomic E-state index is 13.3. The van der Waals surface area contributed by atoms with E-state index in [0.717, 1.165) is 28.7 Å². The van der Waals surface area contributed by atoms with Gasteiger partial charge in [-0.2, -0.15) is 13.2 Å². The summed E-state index contributed by atoms with van der Waals surface area (Å²) >= 11 is 0. The summed E-state index contributed by atoms with van der Waals surface area (Å²) in [5.41, 5.74) is 2.05. The summed E-state index contributed by atoms with van der Waals surface area (Å²) < 4.78 is 46.9. The Morgan fingerprint density at radius 2 is 1.58 bits per heavy atom. The summed E-state index contributed by atoms with van der Waals surface area (Å²) in [6, 6.07) is 18.6. The number of fused-ring (bicyclic) bond motifs is 1. The van der Waals surface area contributed by atoms with Gasteiger partial charge in [-0.15, -0.1) is 0 Å². The Kier molecular flexibility index (Phi) is 9.68. The van der Waals surface area contributed by atoms with E-state index in [1.165, 1.54) is 12.1 Å². The summed E-state index contributed by atoms with van der Waals surface area (Å²) in [5.74, 6) is 0.142. The zero-order valence-corrected chi connectivity index (χ0v) is 25.0. The van der Waals surface area contributed by atoms with Crippen LogP contribution in [-0.2, 0) is 10.9 Å². The van der Waals surface area contributed by atoms with Gasteiger partial charge in [0.1, 0.15) is 5.69 Å². The lowest BCUT2D eigenvalue weighted by Crippen LogP contribution is -2.32. The molecule has 4 aromatic rings. The van der Waals surface area contributed by atoms with Gasteiger partial charge in [-0.25, -0.2) is 9.59 Å². The maximum absolute atomic E-state index is 13.3. The molecule has 0 bridgehead atoms. The monoisotopic (exact) mass is 594 g/mol. The second kappa shape index (κ2) is 13.2. The smallest absolute Gasteiger partial charge is 0.416 e. The number of esters is 1. The van der Waals surface area contributed by atoms with Crippen LogP contribution in [0, 0.1) is 11.8 Å². The third-order valence-electron chi connectivity index (χ3n) is 6.64. The number of para-hydroxylation sites is 1. The van der Waals surface area contributed by atoms with E-state index in [1.54, 1.807) is 23.6 Å². The average molecular weight is 595 g/mol. The average Bonchev–Trinajstić information content (AvgIpc) is 3.32. The molecule has 0 atom stereocenters. The van der Waals surface area contributed by atoms with E-state index >= 15 is 0 Å². The molecule has 1 heterocycles. The number of hydrogen-bond donors (Lipinski definition) is 2.